The van der Waals surface area contributed by atoms with Crippen molar-refractivity contribution in [3.8, 4) is 16.5 Å². The van der Waals surface area contributed by atoms with E-state index < -0.39 is 22.9 Å². The molecule has 4 aromatic rings. The summed E-state index contributed by atoms with van der Waals surface area (Å²) >= 11 is 1.38. The molecule has 3 N–H and O–H groups in total. The molecule has 0 atom stereocenters. The van der Waals surface area contributed by atoms with Gasteiger partial charge in [-0.15, -0.1) is 0 Å². The van der Waals surface area contributed by atoms with E-state index in [2.05, 4.69) is 10.1 Å². The molecule has 0 aliphatic carbocycles. The fourth-order valence-corrected chi connectivity index (χ4v) is 4.72. The Morgan fingerprint density at radius 1 is 1.17 bits per heavy atom. The molecular weight excluding hydrogens is 478 g/mol. The number of aromatic nitrogens is 4. The molecule has 1 saturated heterocycles. The Balaban J connectivity index is 1.29. The molecule has 12 heteroatoms. The van der Waals surface area contributed by atoms with E-state index in [9.17, 15) is 18.7 Å². The van der Waals surface area contributed by atoms with Gasteiger partial charge in [0.2, 0.25) is 5.06 Å². The van der Waals surface area contributed by atoms with E-state index in [0.29, 0.717) is 29.6 Å². The number of rotatable bonds is 7. The molecule has 9 nitrogen and oxygen atoms in total. The summed E-state index contributed by atoms with van der Waals surface area (Å²) in [5.41, 5.74) is 5.88. The van der Waals surface area contributed by atoms with Gasteiger partial charge in [-0.25, -0.2) is 18.6 Å². The van der Waals surface area contributed by atoms with E-state index in [0.717, 1.165) is 32.2 Å². The first-order chi connectivity index (χ1) is 16.8. The minimum atomic E-state index is -0.725. The maximum Gasteiger partial charge on any atom is 0.350 e. The van der Waals surface area contributed by atoms with E-state index in [1.54, 1.807) is 24.3 Å². The zero-order valence-corrected chi connectivity index (χ0v) is 19.5. The van der Waals surface area contributed by atoms with Crippen LogP contribution in [-0.4, -0.2) is 49.7 Å². The summed E-state index contributed by atoms with van der Waals surface area (Å²) in [6.07, 6.45) is 1.24. The van der Waals surface area contributed by atoms with Gasteiger partial charge in [0.25, 0.3) is 0 Å². The lowest BCUT2D eigenvalue weighted by Gasteiger charge is -2.46. The third-order valence-corrected chi connectivity index (χ3v) is 6.85. The second kappa shape index (κ2) is 8.87. The van der Waals surface area contributed by atoms with E-state index in [1.165, 1.54) is 23.7 Å². The van der Waals surface area contributed by atoms with E-state index in [-0.39, 0.29) is 18.7 Å². The predicted octanol–water partition coefficient (Wildman–Crippen LogP) is 2.43. The van der Waals surface area contributed by atoms with Crippen LogP contribution < -0.4 is 21.1 Å². The average Bonchev–Trinajstić information content (AvgIpc) is 3.36. The molecule has 2 aromatic carbocycles. The van der Waals surface area contributed by atoms with Gasteiger partial charge in [-0.2, -0.15) is 9.78 Å². The number of hydrogen-bond acceptors (Lipinski definition) is 8. The quantitative estimate of drug-likeness (QED) is 0.401. The standard InChI is InChI=1S/C23H22F2N6O3S/c1-14-20(35-21(28-14)30-10-23(26,11-30)12-32)34-16-7-5-15(6-8-16)31-22(33)29(13-27-31)9-17-18(24)3-2-4-19(17)25/h2-8,13,32H,9-12,26H2,1H3. The van der Waals surface area contributed by atoms with Crippen molar-refractivity contribution in [1.29, 1.82) is 0 Å². The Bertz CT molecular complexity index is 1410. The first-order valence-corrected chi connectivity index (χ1v) is 11.6. The molecule has 0 saturated carbocycles. The number of thiazole rings is 1. The lowest BCUT2D eigenvalue weighted by atomic mass is 9.93. The van der Waals surface area contributed by atoms with Crippen LogP contribution in [0.5, 0.6) is 10.8 Å². The molecule has 5 rings (SSSR count). The van der Waals surface area contributed by atoms with Gasteiger partial charge in [0.15, 0.2) is 5.13 Å². The van der Waals surface area contributed by atoms with Gasteiger partial charge in [-0.3, -0.25) is 4.57 Å². The fraction of sp³-hybridized carbons (Fsp3) is 0.261. The second-order valence-corrected chi connectivity index (χ2v) is 9.44. The van der Waals surface area contributed by atoms with E-state index >= 15 is 0 Å². The Morgan fingerprint density at radius 3 is 2.51 bits per heavy atom. The lowest BCUT2D eigenvalue weighted by Crippen LogP contribution is -2.69. The molecule has 0 radical (unpaired) electrons. The van der Waals surface area contributed by atoms with Crippen molar-refractivity contribution in [2.45, 2.75) is 19.0 Å². The number of aryl methyl sites for hydroxylation is 1. The van der Waals surface area contributed by atoms with Crippen molar-refractivity contribution in [3.05, 3.63) is 82.2 Å². The molecule has 1 aliphatic rings. The number of nitrogens with two attached hydrogens (primary N) is 1. The van der Waals surface area contributed by atoms with Gasteiger partial charge in [0.1, 0.15) is 23.7 Å². The van der Waals surface area contributed by atoms with Crippen LogP contribution in [0.2, 0.25) is 0 Å². The molecule has 182 valence electrons. The molecule has 1 aliphatic heterocycles. The summed E-state index contributed by atoms with van der Waals surface area (Å²) < 4.78 is 36.1. The molecule has 0 spiro atoms. The third-order valence-electron chi connectivity index (χ3n) is 5.76. The topological polar surface area (TPSA) is 111 Å². The lowest BCUT2D eigenvalue weighted by molar-refractivity contribution is 0.167. The van der Waals surface area contributed by atoms with Crippen molar-refractivity contribution >= 4 is 16.5 Å². The molecule has 35 heavy (non-hydrogen) atoms. The number of halogens is 2. The van der Waals surface area contributed by atoms with Crippen molar-refractivity contribution in [2.75, 3.05) is 24.6 Å². The SMILES string of the molecule is Cc1nc(N2CC(N)(CO)C2)sc1Oc1ccc(-n2ncn(Cc3c(F)cccc3F)c2=O)cc1. The van der Waals surface area contributed by atoms with Crippen molar-refractivity contribution in [3.63, 3.8) is 0 Å². The van der Waals surface area contributed by atoms with Gasteiger partial charge in [0, 0.05) is 18.7 Å². The van der Waals surface area contributed by atoms with Crippen LogP contribution in [-0.2, 0) is 6.54 Å². The maximum atomic E-state index is 14.0. The van der Waals surface area contributed by atoms with Crippen molar-refractivity contribution in [1.82, 2.24) is 19.3 Å². The molecule has 3 heterocycles. The molecule has 0 amide bonds. The first kappa shape index (κ1) is 23.1. The van der Waals surface area contributed by atoms with Gasteiger partial charge in [-0.05, 0) is 43.3 Å². The summed E-state index contributed by atoms with van der Waals surface area (Å²) in [6.45, 7) is 2.54. The van der Waals surface area contributed by atoms with Gasteiger partial charge < -0.3 is 20.5 Å². The smallest absolute Gasteiger partial charge is 0.350 e. The molecule has 0 unspecified atom stereocenters. The van der Waals surface area contributed by atoms with Crippen LogP contribution >= 0.6 is 11.3 Å². The molecule has 2 aromatic heterocycles. The van der Waals surface area contributed by atoms with Crippen molar-refractivity contribution < 1.29 is 18.6 Å². The van der Waals surface area contributed by atoms with Gasteiger partial charge in [-0.1, -0.05) is 17.4 Å². The van der Waals surface area contributed by atoms with Gasteiger partial charge in [0.05, 0.1) is 30.1 Å². The summed E-state index contributed by atoms with van der Waals surface area (Å²) in [6, 6.07) is 10.3. The summed E-state index contributed by atoms with van der Waals surface area (Å²) in [5, 5.41) is 14.8. The molecular formula is C23H22F2N6O3S. The number of benzene rings is 2. The average molecular weight is 501 g/mol. The minimum absolute atomic E-state index is 0.0785. The number of ether oxygens (including phenoxy) is 1. The summed E-state index contributed by atoms with van der Waals surface area (Å²) in [5.74, 6) is -0.907. The minimum Gasteiger partial charge on any atom is -0.445 e. The zero-order valence-electron chi connectivity index (χ0n) is 18.7. The second-order valence-electron chi connectivity index (χ2n) is 8.50. The normalized spacial score (nSPS) is 14.7. The predicted molar refractivity (Wildman–Crippen MR) is 126 cm³/mol. The zero-order chi connectivity index (χ0) is 24.7. The first-order valence-electron chi connectivity index (χ1n) is 10.7. The monoisotopic (exact) mass is 500 g/mol. The van der Waals surface area contributed by atoms with Crippen LogP contribution in [0, 0.1) is 18.6 Å². The van der Waals surface area contributed by atoms with Crippen molar-refractivity contribution in [2.24, 2.45) is 5.73 Å². The maximum absolute atomic E-state index is 14.0. The van der Waals surface area contributed by atoms with Crippen LogP contribution in [0.15, 0.2) is 53.6 Å². The molecule has 0 bridgehead atoms. The highest BCUT2D eigenvalue weighted by Gasteiger charge is 2.40. The Hall–Kier alpha value is -3.61. The number of anilines is 1. The fourth-order valence-electron chi connectivity index (χ4n) is 3.78. The summed E-state index contributed by atoms with van der Waals surface area (Å²) in [7, 11) is 0. The highest BCUT2D eigenvalue weighted by molar-refractivity contribution is 7.17. The van der Waals surface area contributed by atoms with E-state index in [1.807, 2.05) is 11.8 Å². The summed E-state index contributed by atoms with van der Waals surface area (Å²) in [4.78, 5) is 19.2. The van der Waals surface area contributed by atoms with Crippen LogP contribution in [0.25, 0.3) is 5.69 Å². The van der Waals surface area contributed by atoms with Crippen LogP contribution in [0.1, 0.15) is 11.3 Å². The highest BCUT2D eigenvalue weighted by atomic mass is 32.1. The number of nitrogens with zero attached hydrogens (tertiary/aromatic N) is 5. The third kappa shape index (κ3) is 4.43. The Kier molecular flexibility index (Phi) is 5.87. The number of aliphatic hydroxyl groups is 1. The van der Waals surface area contributed by atoms with E-state index in [4.69, 9.17) is 10.5 Å². The van der Waals surface area contributed by atoms with Gasteiger partial charge >= 0.3 is 5.69 Å². The Morgan fingerprint density at radius 2 is 1.86 bits per heavy atom. The Labute approximate surface area is 202 Å². The highest BCUT2D eigenvalue weighted by Crippen LogP contribution is 2.38. The number of hydrogen-bond donors (Lipinski definition) is 2. The molecule has 1 fully saturated rings. The number of aliphatic hydroxyl groups excluding tert-OH is 1. The van der Waals surface area contributed by atoms with Crippen LogP contribution in [0.3, 0.4) is 0 Å². The largest absolute Gasteiger partial charge is 0.445 e. The van der Waals surface area contributed by atoms with Crippen LogP contribution in [0.4, 0.5) is 13.9 Å².